The smallest absolute Gasteiger partial charge is 0.313 e. The molecule has 0 fully saturated rings. The molecule has 0 spiro atoms. The minimum Gasteiger partial charge on any atom is -0.481 e. The molecule has 1 N–H and O–H groups in total. The minimum atomic E-state index is -1.27. The fourth-order valence-electron chi connectivity index (χ4n) is 1.12. The Balaban J connectivity index is 3.38. The number of aromatic nitrogens is 1. The van der Waals surface area contributed by atoms with E-state index in [9.17, 15) is 9.18 Å². The molecule has 0 amide bonds. The molecule has 0 bridgehead atoms. The van der Waals surface area contributed by atoms with Crippen LogP contribution in [-0.4, -0.2) is 16.1 Å². The number of hydrogen-bond donors (Lipinski definition) is 1. The van der Waals surface area contributed by atoms with Crippen molar-refractivity contribution >= 4 is 21.9 Å². The lowest BCUT2D eigenvalue weighted by Gasteiger charge is -2.21. The molecule has 3 nitrogen and oxygen atoms in total. The fourth-order valence-corrected chi connectivity index (χ4v) is 1.92. The first-order valence-corrected chi connectivity index (χ1v) is 4.69. The highest BCUT2D eigenvalue weighted by Crippen LogP contribution is 2.31. The Morgan fingerprint density at radius 3 is 2.57 bits per heavy atom. The number of pyridine rings is 1. The molecule has 0 unspecified atom stereocenters. The van der Waals surface area contributed by atoms with Gasteiger partial charge in [0.1, 0.15) is 5.82 Å². The first kappa shape index (κ1) is 11.1. The van der Waals surface area contributed by atoms with E-state index in [1.54, 1.807) is 0 Å². The highest BCUT2D eigenvalue weighted by Gasteiger charge is 2.34. The molecule has 0 aliphatic rings. The summed E-state index contributed by atoms with van der Waals surface area (Å²) in [7, 11) is 0. The molecule has 0 saturated carbocycles. The second-order valence-corrected chi connectivity index (χ2v) is 4.26. The predicted molar refractivity (Wildman–Crippen MR) is 52.6 cm³/mol. The molecule has 0 aliphatic carbocycles. The van der Waals surface area contributed by atoms with Crippen molar-refractivity contribution in [2.24, 2.45) is 0 Å². The SMILES string of the molecule is CC(C)(C(=O)O)c1c(F)cncc1Br. The molecule has 0 saturated heterocycles. The van der Waals surface area contributed by atoms with Crippen LogP contribution in [0.5, 0.6) is 0 Å². The van der Waals surface area contributed by atoms with Crippen LogP contribution in [0.3, 0.4) is 0 Å². The Morgan fingerprint density at radius 2 is 2.14 bits per heavy atom. The zero-order chi connectivity index (χ0) is 10.9. The van der Waals surface area contributed by atoms with Crippen LogP contribution in [-0.2, 0) is 10.2 Å². The van der Waals surface area contributed by atoms with Crippen molar-refractivity contribution < 1.29 is 14.3 Å². The number of carboxylic acid groups (broad SMARTS) is 1. The van der Waals surface area contributed by atoms with E-state index in [1.807, 2.05) is 0 Å². The van der Waals surface area contributed by atoms with Crippen LogP contribution in [0.15, 0.2) is 16.9 Å². The zero-order valence-electron chi connectivity index (χ0n) is 7.71. The number of hydrogen-bond acceptors (Lipinski definition) is 2. The molecular formula is C9H9BrFNO2. The van der Waals surface area contributed by atoms with E-state index in [1.165, 1.54) is 20.0 Å². The van der Waals surface area contributed by atoms with Gasteiger partial charge in [-0.2, -0.15) is 0 Å². The van der Waals surface area contributed by atoms with Gasteiger partial charge in [0.25, 0.3) is 0 Å². The van der Waals surface area contributed by atoms with Gasteiger partial charge >= 0.3 is 5.97 Å². The maximum absolute atomic E-state index is 13.4. The summed E-state index contributed by atoms with van der Waals surface area (Å²) in [5.41, 5.74) is -1.16. The maximum atomic E-state index is 13.4. The van der Waals surface area contributed by atoms with Crippen molar-refractivity contribution in [3.8, 4) is 0 Å². The van der Waals surface area contributed by atoms with E-state index in [4.69, 9.17) is 5.11 Å². The quantitative estimate of drug-likeness (QED) is 0.889. The van der Waals surface area contributed by atoms with Crippen molar-refractivity contribution in [3.63, 3.8) is 0 Å². The molecular weight excluding hydrogens is 253 g/mol. The molecule has 14 heavy (non-hydrogen) atoms. The summed E-state index contributed by atoms with van der Waals surface area (Å²) in [6.45, 7) is 2.89. The van der Waals surface area contributed by atoms with Gasteiger partial charge in [0.15, 0.2) is 0 Å². The van der Waals surface area contributed by atoms with E-state index in [2.05, 4.69) is 20.9 Å². The van der Waals surface area contributed by atoms with Gasteiger partial charge in [-0.15, -0.1) is 0 Å². The fraction of sp³-hybridized carbons (Fsp3) is 0.333. The van der Waals surface area contributed by atoms with E-state index < -0.39 is 17.2 Å². The van der Waals surface area contributed by atoms with Crippen LogP contribution < -0.4 is 0 Å². The van der Waals surface area contributed by atoms with E-state index in [0.717, 1.165) is 6.20 Å². The molecule has 0 aliphatic heterocycles. The summed E-state index contributed by atoms with van der Waals surface area (Å²) in [6.07, 6.45) is 2.38. The van der Waals surface area contributed by atoms with E-state index in [0.29, 0.717) is 4.47 Å². The van der Waals surface area contributed by atoms with Gasteiger partial charge in [0.05, 0.1) is 11.6 Å². The van der Waals surface area contributed by atoms with Crippen molar-refractivity contribution in [3.05, 3.63) is 28.2 Å². The van der Waals surface area contributed by atoms with Crippen LogP contribution >= 0.6 is 15.9 Å². The molecule has 5 heteroatoms. The van der Waals surface area contributed by atoms with Crippen molar-refractivity contribution in [1.82, 2.24) is 4.98 Å². The van der Waals surface area contributed by atoms with Crippen molar-refractivity contribution in [1.29, 1.82) is 0 Å². The van der Waals surface area contributed by atoms with Crippen LogP contribution in [0.1, 0.15) is 19.4 Å². The van der Waals surface area contributed by atoms with Gasteiger partial charge in [0.2, 0.25) is 0 Å². The summed E-state index contributed by atoms with van der Waals surface area (Å²) in [6, 6.07) is 0. The number of halogens is 2. The van der Waals surface area contributed by atoms with Crippen LogP contribution in [0.4, 0.5) is 4.39 Å². The third-order valence-electron chi connectivity index (χ3n) is 2.01. The Morgan fingerprint density at radius 1 is 1.57 bits per heavy atom. The van der Waals surface area contributed by atoms with Gasteiger partial charge in [-0.05, 0) is 29.8 Å². The van der Waals surface area contributed by atoms with Crippen molar-refractivity contribution in [2.75, 3.05) is 0 Å². The lowest BCUT2D eigenvalue weighted by molar-refractivity contribution is -0.142. The topological polar surface area (TPSA) is 50.2 Å². The highest BCUT2D eigenvalue weighted by molar-refractivity contribution is 9.10. The van der Waals surface area contributed by atoms with E-state index >= 15 is 0 Å². The number of nitrogens with zero attached hydrogens (tertiary/aromatic N) is 1. The van der Waals surface area contributed by atoms with Crippen LogP contribution in [0.25, 0.3) is 0 Å². The zero-order valence-corrected chi connectivity index (χ0v) is 9.30. The summed E-state index contributed by atoms with van der Waals surface area (Å²) in [5, 5.41) is 8.94. The first-order chi connectivity index (χ1) is 6.37. The minimum absolute atomic E-state index is 0.111. The molecule has 1 rings (SSSR count). The number of carboxylic acids is 1. The average molecular weight is 262 g/mol. The van der Waals surface area contributed by atoms with Crippen molar-refractivity contribution in [2.45, 2.75) is 19.3 Å². The summed E-state index contributed by atoms with van der Waals surface area (Å²) in [4.78, 5) is 14.5. The number of carbonyl (C=O) groups is 1. The average Bonchev–Trinajstić information content (AvgIpc) is 2.02. The normalized spacial score (nSPS) is 11.4. The van der Waals surface area contributed by atoms with Gasteiger partial charge in [-0.25, -0.2) is 4.39 Å². The van der Waals surface area contributed by atoms with Gasteiger partial charge < -0.3 is 5.11 Å². The molecule has 76 valence electrons. The van der Waals surface area contributed by atoms with Gasteiger partial charge in [0, 0.05) is 16.2 Å². The van der Waals surface area contributed by atoms with Gasteiger partial charge in [-0.1, -0.05) is 0 Å². The third kappa shape index (κ3) is 1.77. The summed E-state index contributed by atoms with van der Waals surface area (Å²) in [5.74, 6) is -1.70. The monoisotopic (exact) mass is 261 g/mol. The lowest BCUT2D eigenvalue weighted by atomic mass is 9.85. The molecule has 0 radical (unpaired) electrons. The summed E-state index contributed by atoms with van der Waals surface area (Å²) >= 11 is 3.09. The first-order valence-electron chi connectivity index (χ1n) is 3.90. The number of aliphatic carboxylic acids is 1. The molecule has 1 aromatic heterocycles. The lowest BCUT2D eigenvalue weighted by Crippen LogP contribution is -2.30. The second-order valence-electron chi connectivity index (χ2n) is 3.41. The number of rotatable bonds is 2. The maximum Gasteiger partial charge on any atom is 0.313 e. The van der Waals surface area contributed by atoms with E-state index in [-0.39, 0.29) is 5.56 Å². The predicted octanol–water partition coefficient (Wildman–Crippen LogP) is 2.35. The third-order valence-corrected chi connectivity index (χ3v) is 2.61. The second kappa shape index (κ2) is 3.65. The molecule has 1 aromatic rings. The summed E-state index contributed by atoms with van der Waals surface area (Å²) < 4.78 is 13.7. The van der Waals surface area contributed by atoms with Crippen LogP contribution in [0.2, 0.25) is 0 Å². The molecule has 0 aromatic carbocycles. The highest BCUT2D eigenvalue weighted by atomic mass is 79.9. The van der Waals surface area contributed by atoms with Crippen LogP contribution in [0, 0.1) is 5.82 Å². The molecule has 1 heterocycles. The largest absolute Gasteiger partial charge is 0.481 e. The molecule has 0 atom stereocenters. The Bertz CT molecular complexity index is 359. The standard InChI is InChI=1S/C9H9BrFNO2/c1-9(2,8(13)14)7-5(10)3-12-4-6(7)11/h3-4H,1-2H3,(H,13,14). The Kier molecular flexibility index (Phi) is 2.89. The van der Waals surface area contributed by atoms with Gasteiger partial charge in [-0.3, -0.25) is 9.78 Å². The Labute approximate surface area is 89.1 Å². The Hall–Kier alpha value is -0.970.